The summed E-state index contributed by atoms with van der Waals surface area (Å²) >= 11 is 0. The zero-order chi connectivity index (χ0) is 26.8. The van der Waals surface area contributed by atoms with Crippen LogP contribution in [0.1, 0.15) is 0 Å². The molecule has 12 nitrogen and oxygen atoms in total. The van der Waals surface area contributed by atoms with Gasteiger partial charge in [0.2, 0.25) is 0 Å². The molecule has 3 rings (SSSR count). The van der Waals surface area contributed by atoms with Crippen LogP contribution in [0.2, 0.25) is 0 Å². The normalized spacial score (nSPS) is 10.3. The third-order valence-corrected chi connectivity index (χ3v) is 4.78. The van der Waals surface area contributed by atoms with Crippen LogP contribution in [0.3, 0.4) is 0 Å². The summed E-state index contributed by atoms with van der Waals surface area (Å²) in [5, 5.41) is 0.284. The van der Waals surface area contributed by atoms with E-state index in [1.807, 2.05) is 0 Å². The molecule has 0 aliphatic heterocycles. The van der Waals surface area contributed by atoms with Gasteiger partial charge in [0.05, 0.1) is 25.2 Å². The minimum absolute atomic E-state index is 0.236. The number of benzene rings is 2. The van der Waals surface area contributed by atoms with Crippen LogP contribution in [-0.2, 0) is 38.1 Å². The summed E-state index contributed by atoms with van der Waals surface area (Å²) < 4.78 is 34.3. The van der Waals surface area contributed by atoms with Crippen LogP contribution in [0.25, 0.3) is 22.1 Å². The second-order valence-corrected chi connectivity index (χ2v) is 7.21. The maximum Gasteiger partial charge on any atom is 0.344 e. The minimum Gasteiger partial charge on any atom is -0.482 e. The number of methoxy groups -OCH3 is 2. The van der Waals surface area contributed by atoms with Crippen molar-refractivity contribution >= 4 is 34.8 Å². The van der Waals surface area contributed by atoms with E-state index >= 15 is 0 Å². The van der Waals surface area contributed by atoms with Crippen molar-refractivity contribution in [2.45, 2.75) is 0 Å². The summed E-state index contributed by atoms with van der Waals surface area (Å²) in [5.41, 5.74) is 0.770. The molecule has 0 spiro atoms. The molecular weight excluding hydrogens is 492 g/mol. The average molecular weight is 514 g/mol. The van der Waals surface area contributed by atoms with Crippen molar-refractivity contribution in [1.82, 2.24) is 0 Å². The van der Waals surface area contributed by atoms with Crippen molar-refractivity contribution in [3.05, 3.63) is 59.0 Å². The molecule has 0 saturated carbocycles. The van der Waals surface area contributed by atoms with Gasteiger partial charge in [-0.15, -0.1) is 0 Å². The highest BCUT2D eigenvalue weighted by molar-refractivity contribution is 5.83. The molecule has 0 aliphatic carbocycles. The van der Waals surface area contributed by atoms with E-state index in [0.29, 0.717) is 11.3 Å². The number of hydrogen-bond donors (Lipinski definition) is 0. The van der Waals surface area contributed by atoms with Crippen LogP contribution < -0.4 is 14.9 Å². The largest absolute Gasteiger partial charge is 0.482 e. The molecule has 0 amide bonds. The number of fused-ring (bicyclic) bond motifs is 1. The monoisotopic (exact) mass is 514 g/mol. The van der Waals surface area contributed by atoms with Crippen LogP contribution in [-0.4, -0.2) is 64.5 Å². The molecule has 0 N–H and O–H groups in total. The Kier molecular flexibility index (Phi) is 9.19. The lowest BCUT2D eigenvalue weighted by molar-refractivity contribution is -0.158. The van der Waals surface area contributed by atoms with Crippen molar-refractivity contribution < 1.29 is 52.0 Å². The zero-order valence-corrected chi connectivity index (χ0v) is 19.8. The number of rotatable bonds is 11. The smallest absolute Gasteiger partial charge is 0.344 e. The molecule has 12 heteroatoms. The van der Waals surface area contributed by atoms with Crippen molar-refractivity contribution in [1.29, 1.82) is 0 Å². The number of ether oxygens (including phenoxy) is 6. The van der Waals surface area contributed by atoms with Crippen LogP contribution >= 0.6 is 0 Å². The van der Waals surface area contributed by atoms with Gasteiger partial charge in [-0.2, -0.15) is 0 Å². The zero-order valence-electron chi connectivity index (χ0n) is 19.8. The highest BCUT2D eigenvalue weighted by Crippen LogP contribution is 2.24. The third kappa shape index (κ3) is 7.56. The summed E-state index contributed by atoms with van der Waals surface area (Å²) in [6.45, 7) is -1.90. The third-order valence-electron chi connectivity index (χ3n) is 4.78. The van der Waals surface area contributed by atoms with Gasteiger partial charge < -0.3 is 32.8 Å². The fourth-order valence-electron chi connectivity index (χ4n) is 2.89. The molecule has 0 aliphatic rings. The van der Waals surface area contributed by atoms with E-state index in [1.54, 1.807) is 24.3 Å². The first kappa shape index (κ1) is 26.7. The first-order chi connectivity index (χ1) is 17.8. The van der Waals surface area contributed by atoms with Crippen molar-refractivity contribution in [3.63, 3.8) is 0 Å². The van der Waals surface area contributed by atoms with Gasteiger partial charge in [-0.1, -0.05) is 12.1 Å². The molecule has 0 unspecified atom stereocenters. The molecular formula is C25H22O12. The van der Waals surface area contributed by atoms with Crippen molar-refractivity contribution in [2.75, 3.05) is 40.6 Å². The number of carbonyl (C=O) groups is 4. The van der Waals surface area contributed by atoms with E-state index in [4.69, 9.17) is 13.9 Å². The molecule has 37 heavy (non-hydrogen) atoms. The van der Waals surface area contributed by atoms with Gasteiger partial charge in [0.25, 0.3) is 0 Å². The Bertz CT molecular complexity index is 1340. The highest BCUT2D eigenvalue weighted by Gasteiger charge is 2.13. The maximum atomic E-state index is 13.0. The van der Waals surface area contributed by atoms with Crippen LogP contribution in [0.4, 0.5) is 0 Å². The van der Waals surface area contributed by atoms with Gasteiger partial charge in [0.15, 0.2) is 31.9 Å². The molecule has 1 aromatic heterocycles. The minimum atomic E-state index is -0.771. The van der Waals surface area contributed by atoms with E-state index in [2.05, 4.69) is 18.9 Å². The maximum absolute atomic E-state index is 13.0. The van der Waals surface area contributed by atoms with E-state index in [1.165, 1.54) is 38.7 Å². The van der Waals surface area contributed by atoms with E-state index < -0.39 is 50.3 Å². The lowest BCUT2D eigenvalue weighted by Gasteiger charge is -2.09. The summed E-state index contributed by atoms with van der Waals surface area (Å²) in [4.78, 5) is 58.2. The molecule has 0 bridgehead atoms. The fourth-order valence-corrected chi connectivity index (χ4v) is 2.89. The molecule has 0 fully saturated rings. The lowest BCUT2D eigenvalue weighted by atomic mass is 10.1. The molecule has 3 aromatic rings. The lowest BCUT2D eigenvalue weighted by Crippen LogP contribution is -2.20. The molecule has 2 aromatic carbocycles. The summed E-state index contributed by atoms with van der Waals surface area (Å²) in [6, 6.07) is 10.8. The van der Waals surface area contributed by atoms with Crippen LogP contribution in [0.15, 0.2) is 57.9 Å². The summed E-state index contributed by atoms with van der Waals surface area (Å²) in [7, 11) is 2.35. The Morgan fingerprint density at radius 3 is 1.81 bits per heavy atom. The standard InChI is InChI=1S/C25H22O12/c1-31-21(26)11-36-23(28)13-33-16-5-3-15(4-6-16)19-10-35-20-9-17(7-8-18(20)25(19)30)34-14-24(29)37-12-22(27)32-2/h3-10H,11-14H2,1-2H3. The summed E-state index contributed by atoms with van der Waals surface area (Å²) in [5.74, 6) is -2.30. The Labute approximate surface area is 209 Å². The number of esters is 4. The van der Waals surface area contributed by atoms with E-state index in [-0.39, 0.29) is 27.7 Å². The number of hydrogen-bond acceptors (Lipinski definition) is 12. The Balaban J connectivity index is 1.62. The summed E-state index contributed by atoms with van der Waals surface area (Å²) in [6.07, 6.45) is 1.29. The first-order valence-corrected chi connectivity index (χ1v) is 10.7. The van der Waals surface area contributed by atoms with Gasteiger partial charge in [-0.05, 0) is 29.8 Å². The van der Waals surface area contributed by atoms with Crippen LogP contribution in [0.5, 0.6) is 11.5 Å². The first-order valence-electron chi connectivity index (χ1n) is 10.7. The van der Waals surface area contributed by atoms with Gasteiger partial charge in [-0.3, -0.25) is 4.79 Å². The van der Waals surface area contributed by atoms with Crippen molar-refractivity contribution in [2.24, 2.45) is 0 Å². The number of carbonyl (C=O) groups excluding carboxylic acids is 4. The van der Waals surface area contributed by atoms with E-state index in [0.717, 1.165) is 0 Å². The molecule has 0 saturated heterocycles. The molecule has 1 heterocycles. The van der Waals surface area contributed by atoms with Crippen molar-refractivity contribution in [3.8, 4) is 22.6 Å². The Hall–Kier alpha value is -4.87. The van der Waals surface area contributed by atoms with Crippen LogP contribution in [0, 0.1) is 0 Å². The predicted octanol–water partition coefficient (Wildman–Crippen LogP) is 1.65. The molecule has 0 radical (unpaired) electrons. The second kappa shape index (κ2) is 12.7. The SMILES string of the molecule is COC(=O)COC(=O)COc1ccc(-c2coc3cc(OCC(=O)OCC(=O)OC)ccc3c2=O)cc1. The van der Waals surface area contributed by atoms with Gasteiger partial charge in [0, 0.05) is 6.07 Å². The predicted molar refractivity (Wildman–Crippen MR) is 125 cm³/mol. The van der Waals surface area contributed by atoms with Gasteiger partial charge in [0.1, 0.15) is 23.3 Å². The molecule has 194 valence electrons. The second-order valence-electron chi connectivity index (χ2n) is 7.21. The quantitative estimate of drug-likeness (QED) is 0.270. The van der Waals surface area contributed by atoms with Gasteiger partial charge >= 0.3 is 23.9 Å². The fraction of sp³-hybridized carbons (Fsp3) is 0.240. The molecule has 0 atom stereocenters. The highest BCUT2D eigenvalue weighted by atomic mass is 16.6. The van der Waals surface area contributed by atoms with Gasteiger partial charge in [-0.25, -0.2) is 19.2 Å². The Morgan fingerprint density at radius 2 is 1.24 bits per heavy atom. The topological polar surface area (TPSA) is 154 Å². The average Bonchev–Trinajstić information content (AvgIpc) is 2.92. The Morgan fingerprint density at radius 1 is 0.703 bits per heavy atom. The van der Waals surface area contributed by atoms with E-state index in [9.17, 15) is 24.0 Å².